The van der Waals surface area contributed by atoms with E-state index in [-0.39, 0.29) is 4.90 Å². The summed E-state index contributed by atoms with van der Waals surface area (Å²) in [4.78, 5) is 2.57. The Balaban J connectivity index is 1.48. The van der Waals surface area contributed by atoms with Gasteiger partial charge in [-0.1, -0.05) is 6.07 Å². The molecule has 7 nitrogen and oxygen atoms in total. The molecule has 5 rings (SSSR count). The Hall–Kier alpha value is -2.55. The Kier molecular flexibility index (Phi) is 4.72. The van der Waals surface area contributed by atoms with Crippen molar-refractivity contribution in [3.05, 3.63) is 53.8 Å². The van der Waals surface area contributed by atoms with E-state index in [1.165, 1.54) is 13.5 Å². The second kappa shape index (κ2) is 7.30. The highest BCUT2D eigenvalue weighted by Crippen LogP contribution is 2.32. The summed E-state index contributed by atoms with van der Waals surface area (Å²) in [5.74, 6) is 0.318. The van der Waals surface area contributed by atoms with Crippen LogP contribution in [0.2, 0.25) is 0 Å². The van der Waals surface area contributed by atoms with Crippen LogP contribution in [0.5, 0.6) is 5.75 Å². The fraction of sp³-hybridized carbons (Fsp3) is 0.364. The molecule has 0 aliphatic carbocycles. The average molecular weight is 428 g/mol. The fourth-order valence-electron chi connectivity index (χ4n) is 4.60. The fourth-order valence-corrected chi connectivity index (χ4v) is 5.89. The zero-order valence-corrected chi connectivity index (χ0v) is 17.8. The number of anilines is 1. The van der Waals surface area contributed by atoms with Crippen LogP contribution in [0.3, 0.4) is 0 Å². The van der Waals surface area contributed by atoms with Gasteiger partial charge in [0.2, 0.25) is 0 Å². The molecule has 158 valence electrons. The third-order valence-electron chi connectivity index (χ3n) is 6.03. The highest BCUT2D eigenvalue weighted by molar-refractivity contribution is 7.92. The molecule has 8 heteroatoms. The SMILES string of the molecule is COc1ccc(C)cc1S(=O)(=O)Nc1cc(CN2C[C@@H]3C[C@H]2CN3)c2occc2c1. The minimum absolute atomic E-state index is 0.127. The minimum Gasteiger partial charge on any atom is -0.495 e. The Morgan fingerprint density at radius 3 is 2.87 bits per heavy atom. The van der Waals surface area contributed by atoms with Crippen molar-refractivity contribution >= 4 is 26.7 Å². The molecule has 2 fully saturated rings. The second-order valence-electron chi connectivity index (χ2n) is 8.16. The van der Waals surface area contributed by atoms with Crippen LogP contribution in [0.1, 0.15) is 17.5 Å². The van der Waals surface area contributed by atoms with E-state index in [9.17, 15) is 8.42 Å². The highest BCUT2D eigenvalue weighted by atomic mass is 32.2. The second-order valence-corrected chi connectivity index (χ2v) is 9.81. The third-order valence-corrected chi connectivity index (χ3v) is 7.43. The van der Waals surface area contributed by atoms with Crippen LogP contribution in [0.4, 0.5) is 5.69 Å². The summed E-state index contributed by atoms with van der Waals surface area (Å²) in [7, 11) is -2.34. The van der Waals surface area contributed by atoms with Gasteiger partial charge in [-0.2, -0.15) is 0 Å². The number of aryl methyl sites for hydroxylation is 1. The molecule has 2 saturated heterocycles. The molecule has 0 spiro atoms. The maximum absolute atomic E-state index is 13.1. The van der Waals surface area contributed by atoms with Crippen molar-refractivity contribution in [1.82, 2.24) is 10.2 Å². The summed E-state index contributed by atoms with van der Waals surface area (Å²) in [6.45, 7) is 4.59. The summed E-state index contributed by atoms with van der Waals surface area (Å²) in [5, 5.41) is 4.39. The number of ether oxygens (including phenoxy) is 1. The van der Waals surface area contributed by atoms with Crippen molar-refractivity contribution in [3.8, 4) is 5.75 Å². The number of furan rings is 1. The van der Waals surface area contributed by atoms with Gasteiger partial charge in [0.15, 0.2) is 0 Å². The predicted molar refractivity (Wildman–Crippen MR) is 115 cm³/mol. The summed E-state index contributed by atoms with van der Waals surface area (Å²) in [5.41, 5.74) is 3.16. The number of sulfonamides is 1. The van der Waals surface area contributed by atoms with Crippen molar-refractivity contribution in [3.63, 3.8) is 0 Å². The molecule has 2 aliphatic heterocycles. The number of piperazine rings is 1. The van der Waals surface area contributed by atoms with Gasteiger partial charge in [-0.3, -0.25) is 9.62 Å². The molecular weight excluding hydrogens is 402 g/mol. The van der Waals surface area contributed by atoms with E-state index in [1.807, 2.05) is 25.1 Å². The number of hydrogen-bond acceptors (Lipinski definition) is 6. The minimum atomic E-state index is -3.81. The lowest BCUT2D eigenvalue weighted by molar-refractivity contribution is 0.218. The number of fused-ring (bicyclic) bond motifs is 3. The molecule has 0 unspecified atom stereocenters. The van der Waals surface area contributed by atoms with Crippen LogP contribution in [0.15, 0.2) is 52.0 Å². The van der Waals surface area contributed by atoms with E-state index in [0.29, 0.717) is 23.5 Å². The molecule has 30 heavy (non-hydrogen) atoms. The molecular formula is C22H25N3O4S. The standard InChI is InChI=1S/C22H25N3O4S/c1-14-3-4-20(28-2)21(7-14)30(26,27)24-17-8-15-5-6-29-22(15)16(9-17)12-25-13-18-10-19(25)11-23-18/h3-9,18-19,23-24H,10-13H2,1-2H3/t18-,19-/m0/s1. The highest BCUT2D eigenvalue weighted by Gasteiger charge is 2.37. The molecule has 0 amide bonds. The van der Waals surface area contributed by atoms with E-state index in [2.05, 4.69) is 14.9 Å². The normalized spacial score (nSPS) is 21.4. The monoisotopic (exact) mass is 427 g/mol. The molecule has 2 aromatic carbocycles. The van der Waals surface area contributed by atoms with Crippen molar-refractivity contribution in [1.29, 1.82) is 0 Å². The topological polar surface area (TPSA) is 83.8 Å². The number of nitrogens with one attached hydrogen (secondary N) is 2. The molecule has 3 heterocycles. The van der Waals surface area contributed by atoms with Gasteiger partial charge in [-0.05, 0) is 49.2 Å². The zero-order chi connectivity index (χ0) is 20.9. The van der Waals surface area contributed by atoms with E-state index < -0.39 is 10.0 Å². The average Bonchev–Trinajstić information content (AvgIpc) is 3.44. The van der Waals surface area contributed by atoms with Gasteiger partial charge in [0.1, 0.15) is 16.2 Å². The van der Waals surface area contributed by atoms with Crippen LogP contribution in [-0.4, -0.2) is 45.6 Å². The predicted octanol–water partition coefficient (Wildman–Crippen LogP) is 3.10. The first-order valence-corrected chi connectivity index (χ1v) is 11.6. The van der Waals surface area contributed by atoms with Gasteiger partial charge < -0.3 is 14.5 Å². The van der Waals surface area contributed by atoms with Crippen molar-refractivity contribution < 1.29 is 17.6 Å². The largest absolute Gasteiger partial charge is 0.495 e. The van der Waals surface area contributed by atoms with Gasteiger partial charge >= 0.3 is 0 Å². The van der Waals surface area contributed by atoms with Crippen LogP contribution < -0.4 is 14.8 Å². The maximum Gasteiger partial charge on any atom is 0.265 e. The van der Waals surface area contributed by atoms with E-state index in [0.717, 1.165) is 41.7 Å². The Morgan fingerprint density at radius 2 is 2.13 bits per heavy atom. The Bertz CT molecular complexity index is 1200. The number of benzene rings is 2. The van der Waals surface area contributed by atoms with Crippen molar-refractivity contribution in [2.45, 2.75) is 36.9 Å². The lowest BCUT2D eigenvalue weighted by Gasteiger charge is -2.27. The molecule has 2 bridgehead atoms. The van der Waals surface area contributed by atoms with E-state index in [1.54, 1.807) is 24.5 Å². The summed E-state index contributed by atoms with van der Waals surface area (Å²) in [6, 6.07) is 11.7. The molecule has 2 aliphatic rings. The van der Waals surface area contributed by atoms with Crippen LogP contribution in [0.25, 0.3) is 11.0 Å². The summed E-state index contributed by atoms with van der Waals surface area (Å²) in [6.07, 6.45) is 2.81. The zero-order valence-electron chi connectivity index (χ0n) is 17.0. The molecule has 2 atom stereocenters. The third kappa shape index (κ3) is 3.45. The van der Waals surface area contributed by atoms with Gasteiger partial charge in [-0.25, -0.2) is 8.42 Å². The number of rotatable bonds is 6. The molecule has 3 aromatic rings. The first-order chi connectivity index (χ1) is 14.4. The summed E-state index contributed by atoms with van der Waals surface area (Å²) >= 11 is 0. The Morgan fingerprint density at radius 1 is 1.27 bits per heavy atom. The quantitative estimate of drug-likeness (QED) is 0.629. The molecule has 1 aromatic heterocycles. The first-order valence-electron chi connectivity index (χ1n) is 10.1. The number of methoxy groups -OCH3 is 1. The van der Waals surface area contributed by atoms with Crippen molar-refractivity contribution in [2.75, 3.05) is 24.9 Å². The molecule has 0 radical (unpaired) electrons. The van der Waals surface area contributed by atoms with Gasteiger partial charge in [0, 0.05) is 42.7 Å². The smallest absolute Gasteiger partial charge is 0.265 e. The molecule has 0 saturated carbocycles. The lowest BCUT2D eigenvalue weighted by atomic mass is 10.1. The number of nitrogens with zero attached hydrogens (tertiary/aromatic N) is 1. The molecule has 2 N–H and O–H groups in total. The van der Waals surface area contributed by atoms with Crippen LogP contribution in [-0.2, 0) is 16.6 Å². The van der Waals surface area contributed by atoms with Gasteiger partial charge in [0.05, 0.1) is 19.1 Å². The Labute approximate surface area is 176 Å². The first kappa shape index (κ1) is 19.4. The lowest BCUT2D eigenvalue weighted by Crippen LogP contribution is -2.42. The number of likely N-dealkylation sites (tertiary alicyclic amines) is 1. The maximum atomic E-state index is 13.1. The van der Waals surface area contributed by atoms with Crippen LogP contribution >= 0.6 is 0 Å². The number of hydrogen-bond donors (Lipinski definition) is 2. The van der Waals surface area contributed by atoms with E-state index >= 15 is 0 Å². The van der Waals surface area contributed by atoms with Gasteiger partial charge in [-0.15, -0.1) is 0 Å². The van der Waals surface area contributed by atoms with Crippen molar-refractivity contribution in [2.24, 2.45) is 0 Å². The van der Waals surface area contributed by atoms with Gasteiger partial charge in [0.25, 0.3) is 10.0 Å². The van der Waals surface area contributed by atoms with Crippen LogP contribution in [0, 0.1) is 6.92 Å². The summed E-state index contributed by atoms with van der Waals surface area (Å²) < 4.78 is 40.0. The van der Waals surface area contributed by atoms with E-state index in [4.69, 9.17) is 9.15 Å².